The Morgan fingerprint density at radius 1 is 1.10 bits per heavy atom. The maximum Gasteiger partial charge on any atom is 0.217 e. The maximum atomic E-state index is 10.6. The van der Waals surface area contributed by atoms with Crippen LogP contribution >= 0.6 is 0 Å². The van der Waals surface area contributed by atoms with Gasteiger partial charge in [-0.05, 0) is 37.5 Å². The highest BCUT2D eigenvalue weighted by Gasteiger charge is 2.22. The number of carbonyl (C=O) groups excluding carboxylic acids is 1. The summed E-state index contributed by atoms with van der Waals surface area (Å²) >= 11 is 0. The van der Waals surface area contributed by atoms with Crippen molar-refractivity contribution in [3.63, 3.8) is 0 Å². The lowest BCUT2D eigenvalue weighted by Crippen LogP contribution is -2.26. The van der Waals surface area contributed by atoms with Gasteiger partial charge in [0.1, 0.15) is 0 Å². The second-order valence-electron chi connectivity index (χ2n) is 5.54. The standard InChI is InChI=1S/C16H29NO3/c1-2-3-10-19-12-14-7-4-5-8-15(14)13-20-11-6-9-16(17)18/h4-5,14-15H,2-3,6-13H2,1H3,(H2,17,18)/t14-,15-/m0/s1. The topological polar surface area (TPSA) is 61.6 Å². The molecular weight excluding hydrogens is 254 g/mol. The Labute approximate surface area is 122 Å². The Morgan fingerprint density at radius 3 is 2.15 bits per heavy atom. The number of primary amides is 1. The molecule has 0 saturated carbocycles. The number of carbonyl (C=O) groups is 1. The van der Waals surface area contributed by atoms with Gasteiger partial charge in [-0.15, -0.1) is 0 Å². The third-order valence-electron chi connectivity index (χ3n) is 3.73. The minimum absolute atomic E-state index is 0.253. The zero-order chi connectivity index (χ0) is 14.6. The predicted molar refractivity (Wildman–Crippen MR) is 80.3 cm³/mol. The first-order chi connectivity index (χ1) is 9.74. The average Bonchev–Trinajstić information content (AvgIpc) is 2.44. The van der Waals surface area contributed by atoms with Gasteiger partial charge in [0.25, 0.3) is 0 Å². The zero-order valence-electron chi connectivity index (χ0n) is 12.7. The molecule has 4 nitrogen and oxygen atoms in total. The molecule has 0 saturated heterocycles. The van der Waals surface area contributed by atoms with Crippen LogP contribution in [-0.2, 0) is 14.3 Å². The molecule has 0 fully saturated rings. The quantitative estimate of drug-likeness (QED) is 0.468. The van der Waals surface area contributed by atoms with Crippen molar-refractivity contribution < 1.29 is 14.3 Å². The molecule has 0 heterocycles. The second-order valence-corrected chi connectivity index (χ2v) is 5.54. The van der Waals surface area contributed by atoms with Gasteiger partial charge in [0.15, 0.2) is 0 Å². The van der Waals surface area contributed by atoms with Gasteiger partial charge >= 0.3 is 0 Å². The molecule has 1 amide bonds. The van der Waals surface area contributed by atoms with Crippen molar-refractivity contribution in [3.05, 3.63) is 12.2 Å². The van der Waals surface area contributed by atoms with Crippen molar-refractivity contribution in [1.29, 1.82) is 0 Å². The Balaban J connectivity index is 2.16. The summed E-state index contributed by atoms with van der Waals surface area (Å²) in [4.78, 5) is 10.6. The molecule has 2 atom stereocenters. The smallest absolute Gasteiger partial charge is 0.217 e. The summed E-state index contributed by atoms with van der Waals surface area (Å²) in [5.74, 6) is 0.847. The zero-order valence-corrected chi connectivity index (χ0v) is 12.7. The molecule has 1 rings (SSSR count). The van der Waals surface area contributed by atoms with Gasteiger partial charge in [0.2, 0.25) is 5.91 Å². The Hall–Kier alpha value is -0.870. The molecule has 0 aliphatic heterocycles. The summed E-state index contributed by atoms with van der Waals surface area (Å²) < 4.78 is 11.4. The molecule has 0 unspecified atom stereocenters. The van der Waals surface area contributed by atoms with Crippen molar-refractivity contribution in [2.75, 3.05) is 26.4 Å². The highest BCUT2D eigenvalue weighted by Crippen LogP contribution is 2.26. The molecule has 2 N–H and O–H groups in total. The van der Waals surface area contributed by atoms with E-state index in [1.807, 2.05) is 0 Å². The van der Waals surface area contributed by atoms with Crippen molar-refractivity contribution in [1.82, 2.24) is 0 Å². The molecular formula is C16H29NO3. The highest BCUT2D eigenvalue weighted by atomic mass is 16.5. The number of ether oxygens (including phenoxy) is 2. The van der Waals surface area contributed by atoms with Crippen LogP contribution in [0.25, 0.3) is 0 Å². The van der Waals surface area contributed by atoms with Gasteiger partial charge in [-0.25, -0.2) is 0 Å². The normalized spacial score (nSPS) is 22.1. The van der Waals surface area contributed by atoms with E-state index >= 15 is 0 Å². The molecule has 4 heteroatoms. The monoisotopic (exact) mass is 283 g/mol. The third kappa shape index (κ3) is 7.65. The molecule has 20 heavy (non-hydrogen) atoms. The molecule has 0 aromatic carbocycles. The number of nitrogens with two attached hydrogens (primary N) is 1. The fraction of sp³-hybridized carbons (Fsp3) is 0.812. The fourth-order valence-electron chi connectivity index (χ4n) is 2.40. The molecule has 0 aromatic rings. The van der Waals surface area contributed by atoms with Crippen molar-refractivity contribution in [2.45, 2.75) is 45.4 Å². The minimum Gasteiger partial charge on any atom is -0.381 e. The van der Waals surface area contributed by atoms with Gasteiger partial charge in [-0.1, -0.05) is 25.5 Å². The summed E-state index contributed by atoms with van der Waals surface area (Å²) in [5, 5.41) is 0. The SMILES string of the molecule is CCCCOC[C@@H]1CC=CC[C@H]1COCCCC(N)=O. The summed E-state index contributed by atoms with van der Waals surface area (Å²) in [6, 6.07) is 0. The molecule has 0 spiro atoms. The van der Waals surface area contributed by atoms with Crippen LogP contribution in [0.3, 0.4) is 0 Å². The van der Waals surface area contributed by atoms with E-state index in [1.165, 1.54) is 6.42 Å². The van der Waals surface area contributed by atoms with E-state index in [4.69, 9.17) is 15.2 Å². The lowest BCUT2D eigenvalue weighted by atomic mass is 9.84. The van der Waals surface area contributed by atoms with Gasteiger partial charge < -0.3 is 15.2 Å². The number of allylic oxidation sites excluding steroid dienone is 2. The van der Waals surface area contributed by atoms with Crippen LogP contribution in [0.5, 0.6) is 0 Å². The van der Waals surface area contributed by atoms with Gasteiger partial charge in [-0.3, -0.25) is 4.79 Å². The molecule has 116 valence electrons. The van der Waals surface area contributed by atoms with Crippen molar-refractivity contribution in [3.8, 4) is 0 Å². The summed E-state index contributed by atoms with van der Waals surface area (Å²) in [7, 11) is 0. The maximum absolute atomic E-state index is 10.6. The number of rotatable bonds is 11. The van der Waals surface area contributed by atoms with Crippen LogP contribution in [0, 0.1) is 11.8 Å². The summed E-state index contributed by atoms with van der Waals surface area (Å²) in [6.07, 6.45) is 10.1. The van der Waals surface area contributed by atoms with Crippen molar-refractivity contribution >= 4 is 5.91 Å². The van der Waals surface area contributed by atoms with E-state index in [0.29, 0.717) is 24.9 Å². The van der Waals surface area contributed by atoms with Crippen LogP contribution < -0.4 is 5.73 Å². The van der Waals surface area contributed by atoms with Gasteiger partial charge in [0.05, 0.1) is 13.2 Å². The van der Waals surface area contributed by atoms with Gasteiger partial charge in [-0.2, -0.15) is 0 Å². The van der Waals surface area contributed by atoms with Crippen LogP contribution in [0.15, 0.2) is 12.2 Å². The van der Waals surface area contributed by atoms with Crippen LogP contribution in [-0.4, -0.2) is 32.3 Å². The van der Waals surface area contributed by atoms with Crippen molar-refractivity contribution in [2.24, 2.45) is 17.6 Å². The van der Waals surface area contributed by atoms with E-state index < -0.39 is 0 Å². The Morgan fingerprint density at radius 2 is 1.65 bits per heavy atom. The first kappa shape index (κ1) is 17.2. The molecule has 0 aromatic heterocycles. The second kappa shape index (κ2) is 10.9. The number of hydrogen-bond acceptors (Lipinski definition) is 3. The lowest BCUT2D eigenvalue weighted by Gasteiger charge is -2.28. The fourth-order valence-corrected chi connectivity index (χ4v) is 2.40. The summed E-state index contributed by atoms with van der Waals surface area (Å²) in [5.41, 5.74) is 5.10. The predicted octanol–water partition coefficient (Wildman–Crippen LogP) is 2.67. The summed E-state index contributed by atoms with van der Waals surface area (Å²) in [6.45, 7) is 5.25. The number of amides is 1. The van der Waals surface area contributed by atoms with E-state index in [2.05, 4.69) is 19.1 Å². The minimum atomic E-state index is -0.253. The molecule has 0 radical (unpaired) electrons. The highest BCUT2D eigenvalue weighted by molar-refractivity contribution is 5.73. The van der Waals surface area contributed by atoms with E-state index in [0.717, 1.165) is 45.5 Å². The van der Waals surface area contributed by atoms with E-state index in [9.17, 15) is 4.79 Å². The van der Waals surface area contributed by atoms with Crippen LogP contribution in [0.4, 0.5) is 0 Å². The van der Waals surface area contributed by atoms with Crippen LogP contribution in [0.1, 0.15) is 45.4 Å². The van der Waals surface area contributed by atoms with E-state index in [-0.39, 0.29) is 5.91 Å². The average molecular weight is 283 g/mol. The third-order valence-corrected chi connectivity index (χ3v) is 3.73. The Kier molecular flexibility index (Phi) is 9.33. The van der Waals surface area contributed by atoms with Crippen LogP contribution in [0.2, 0.25) is 0 Å². The number of hydrogen-bond donors (Lipinski definition) is 1. The number of unbranched alkanes of at least 4 members (excludes halogenated alkanes) is 1. The Bertz CT molecular complexity index is 291. The lowest BCUT2D eigenvalue weighted by molar-refractivity contribution is -0.118. The first-order valence-corrected chi connectivity index (χ1v) is 7.82. The van der Waals surface area contributed by atoms with E-state index in [1.54, 1.807) is 0 Å². The largest absolute Gasteiger partial charge is 0.381 e. The first-order valence-electron chi connectivity index (χ1n) is 7.82. The molecule has 1 aliphatic carbocycles. The molecule has 1 aliphatic rings. The molecule has 0 bridgehead atoms. The van der Waals surface area contributed by atoms with Gasteiger partial charge in [0, 0.05) is 19.6 Å².